The van der Waals surface area contributed by atoms with Crippen LogP contribution in [0.5, 0.6) is 5.75 Å². The Kier molecular flexibility index (Phi) is 14.2. The fourth-order valence-corrected chi connectivity index (χ4v) is 5.37. The number of aromatic nitrogens is 1. The summed E-state index contributed by atoms with van der Waals surface area (Å²) in [5.41, 5.74) is 2.34. The Balaban J connectivity index is 1.03. The van der Waals surface area contributed by atoms with Crippen molar-refractivity contribution in [3.05, 3.63) is 89.9 Å². The lowest BCUT2D eigenvalue weighted by atomic mass is 10.1. The molecule has 0 atom stereocenters. The molecule has 2 aromatic carbocycles. The van der Waals surface area contributed by atoms with Gasteiger partial charge in [0, 0.05) is 45.5 Å². The van der Waals surface area contributed by atoms with E-state index >= 15 is 0 Å². The number of carbonyl (C=O) groups is 1. The van der Waals surface area contributed by atoms with Crippen molar-refractivity contribution in [3.8, 4) is 5.75 Å². The van der Waals surface area contributed by atoms with Gasteiger partial charge in [-0.3, -0.25) is 4.90 Å². The molecule has 1 fully saturated rings. The number of pyridine rings is 1. The van der Waals surface area contributed by atoms with E-state index in [-0.39, 0.29) is 11.8 Å². The first-order valence-electron chi connectivity index (χ1n) is 16.1. The first-order chi connectivity index (χ1) is 21.5. The van der Waals surface area contributed by atoms with Crippen molar-refractivity contribution in [1.29, 1.82) is 0 Å². The van der Waals surface area contributed by atoms with E-state index in [0.717, 1.165) is 62.6 Å². The van der Waals surface area contributed by atoms with Gasteiger partial charge in [0.25, 0.3) is 0 Å². The second kappa shape index (κ2) is 18.9. The number of unbranched alkanes of at least 4 members (excludes halogenated alkanes) is 1. The normalized spacial score (nSPS) is 13.5. The zero-order chi connectivity index (χ0) is 30.8. The number of hydrogen-bond donors (Lipinski definition) is 2. The number of ether oxygens (including phenoxy) is 1. The number of urea groups is 1. The van der Waals surface area contributed by atoms with E-state index < -0.39 is 0 Å². The Morgan fingerprint density at radius 1 is 0.886 bits per heavy atom. The molecule has 0 spiro atoms. The molecule has 1 aromatic heterocycles. The van der Waals surface area contributed by atoms with Crippen LogP contribution in [0, 0.1) is 5.82 Å². The maximum absolute atomic E-state index is 13.4. The van der Waals surface area contributed by atoms with Gasteiger partial charge >= 0.3 is 6.03 Å². The maximum Gasteiger partial charge on any atom is 0.314 e. The van der Waals surface area contributed by atoms with Gasteiger partial charge in [0.2, 0.25) is 0 Å². The number of carbonyl (C=O) groups excluding carboxylic acids is 1. The predicted molar refractivity (Wildman–Crippen MR) is 176 cm³/mol. The van der Waals surface area contributed by atoms with E-state index in [2.05, 4.69) is 55.6 Å². The monoisotopic (exact) mass is 604 g/mol. The summed E-state index contributed by atoms with van der Waals surface area (Å²) >= 11 is 0. The third-order valence-electron chi connectivity index (χ3n) is 7.89. The maximum atomic E-state index is 13.4. The molecule has 4 rings (SSSR count). The number of anilines is 1. The molecule has 8 nitrogen and oxygen atoms in total. The molecule has 0 radical (unpaired) electrons. The Morgan fingerprint density at radius 3 is 2.45 bits per heavy atom. The van der Waals surface area contributed by atoms with E-state index in [4.69, 9.17) is 4.74 Å². The third-order valence-corrected chi connectivity index (χ3v) is 7.89. The average Bonchev–Trinajstić information content (AvgIpc) is 3.04. The summed E-state index contributed by atoms with van der Waals surface area (Å²) in [6.45, 7) is 8.42. The molecule has 238 valence electrons. The van der Waals surface area contributed by atoms with Crippen LogP contribution in [-0.2, 0) is 13.1 Å². The molecule has 2 heterocycles. The smallest absolute Gasteiger partial charge is 0.314 e. The van der Waals surface area contributed by atoms with Crippen molar-refractivity contribution in [2.24, 2.45) is 0 Å². The number of halogens is 1. The van der Waals surface area contributed by atoms with E-state index in [9.17, 15) is 9.18 Å². The molecule has 0 aliphatic carbocycles. The fraction of sp³-hybridized carbons (Fsp3) is 0.486. The van der Waals surface area contributed by atoms with Crippen LogP contribution < -0.4 is 20.3 Å². The topological polar surface area (TPSA) is 73.0 Å². The third kappa shape index (κ3) is 12.5. The minimum absolute atomic E-state index is 0.131. The molecular formula is C35H49FN6O2. The molecule has 1 aliphatic heterocycles. The number of hydrogen-bond acceptors (Lipinski definition) is 6. The lowest BCUT2D eigenvalue weighted by Crippen LogP contribution is -2.37. The van der Waals surface area contributed by atoms with Gasteiger partial charge in [-0.2, -0.15) is 0 Å². The van der Waals surface area contributed by atoms with E-state index in [1.54, 1.807) is 6.20 Å². The minimum atomic E-state index is -0.227. The van der Waals surface area contributed by atoms with Gasteiger partial charge in [-0.05, 0) is 106 Å². The zero-order valence-electron chi connectivity index (χ0n) is 26.2. The summed E-state index contributed by atoms with van der Waals surface area (Å²) in [4.78, 5) is 23.7. The number of benzene rings is 2. The van der Waals surface area contributed by atoms with Gasteiger partial charge < -0.3 is 25.2 Å². The quantitative estimate of drug-likeness (QED) is 0.182. The van der Waals surface area contributed by atoms with Crippen LogP contribution in [0.3, 0.4) is 0 Å². The van der Waals surface area contributed by atoms with Crippen molar-refractivity contribution >= 4 is 11.8 Å². The Hall–Kier alpha value is -3.69. The van der Waals surface area contributed by atoms with Crippen LogP contribution in [0.2, 0.25) is 0 Å². The SMILES string of the molecule is CN(CCCCNC(=O)NCCCOc1cccc(CN2CCCCC2)c1)CCN(Cc1ccc(F)cc1)c1ccccn1. The summed E-state index contributed by atoms with van der Waals surface area (Å²) in [5.74, 6) is 1.57. The van der Waals surface area contributed by atoms with Gasteiger partial charge in [-0.1, -0.05) is 36.8 Å². The Labute approximate surface area is 262 Å². The molecule has 0 unspecified atom stereocenters. The number of amides is 2. The Bertz CT molecular complexity index is 1220. The molecule has 9 heteroatoms. The van der Waals surface area contributed by atoms with Crippen LogP contribution in [-0.4, -0.2) is 80.3 Å². The van der Waals surface area contributed by atoms with Crippen molar-refractivity contribution in [2.75, 3.05) is 64.4 Å². The summed E-state index contributed by atoms with van der Waals surface area (Å²) in [5, 5.41) is 5.88. The Morgan fingerprint density at radius 2 is 1.68 bits per heavy atom. The number of likely N-dealkylation sites (N-methyl/N-ethyl adjacent to an activating group) is 1. The summed E-state index contributed by atoms with van der Waals surface area (Å²) in [6.07, 6.45) is 8.39. The number of nitrogens with zero attached hydrogens (tertiary/aromatic N) is 4. The second-order valence-electron chi connectivity index (χ2n) is 11.6. The molecule has 2 N–H and O–H groups in total. The van der Waals surface area contributed by atoms with Crippen LogP contribution in [0.15, 0.2) is 72.9 Å². The fourth-order valence-electron chi connectivity index (χ4n) is 5.37. The summed E-state index contributed by atoms with van der Waals surface area (Å²) in [6, 6.07) is 20.8. The van der Waals surface area contributed by atoms with E-state index in [0.29, 0.717) is 26.2 Å². The van der Waals surface area contributed by atoms with E-state index in [1.165, 1.54) is 50.0 Å². The van der Waals surface area contributed by atoms with E-state index in [1.807, 2.05) is 36.4 Å². The number of piperidine rings is 1. The van der Waals surface area contributed by atoms with Crippen molar-refractivity contribution in [1.82, 2.24) is 25.4 Å². The molecule has 3 aromatic rings. The predicted octanol–water partition coefficient (Wildman–Crippen LogP) is 5.69. The molecule has 0 saturated carbocycles. The van der Waals surface area contributed by atoms with Gasteiger partial charge in [0.05, 0.1) is 6.61 Å². The van der Waals surface area contributed by atoms with Gasteiger partial charge in [0.15, 0.2) is 0 Å². The molecule has 1 aliphatic rings. The lowest BCUT2D eigenvalue weighted by Gasteiger charge is -2.27. The standard InChI is InChI=1S/C35H49FN6O2/c1-40(24-25-42(34-13-3-4-18-37-34)29-30-14-16-32(36)17-15-30)21-8-5-19-38-35(43)39-20-10-26-44-33-12-9-11-31(27-33)28-41-22-6-2-7-23-41/h3-4,9,11-18,27H,2,5-8,10,19-26,28-29H2,1H3,(H2,38,39,43). The number of nitrogens with one attached hydrogen (secondary N) is 2. The van der Waals surface area contributed by atoms with Crippen molar-refractivity contribution in [2.45, 2.75) is 51.6 Å². The largest absolute Gasteiger partial charge is 0.494 e. The lowest BCUT2D eigenvalue weighted by molar-refractivity contribution is 0.220. The van der Waals surface area contributed by atoms with Crippen LogP contribution in [0.25, 0.3) is 0 Å². The molecular weight excluding hydrogens is 555 g/mol. The number of likely N-dealkylation sites (tertiary alicyclic amines) is 1. The molecule has 1 saturated heterocycles. The van der Waals surface area contributed by atoms with Crippen LogP contribution >= 0.6 is 0 Å². The molecule has 0 bridgehead atoms. The van der Waals surface area contributed by atoms with Crippen LogP contribution in [0.1, 0.15) is 49.7 Å². The highest BCUT2D eigenvalue weighted by atomic mass is 19.1. The minimum Gasteiger partial charge on any atom is -0.494 e. The van der Waals surface area contributed by atoms with Gasteiger partial charge in [-0.15, -0.1) is 0 Å². The van der Waals surface area contributed by atoms with Gasteiger partial charge in [0.1, 0.15) is 17.4 Å². The first-order valence-corrected chi connectivity index (χ1v) is 16.1. The van der Waals surface area contributed by atoms with Gasteiger partial charge in [-0.25, -0.2) is 14.2 Å². The van der Waals surface area contributed by atoms with Crippen molar-refractivity contribution < 1.29 is 13.9 Å². The highest BCUT2D eigenvalue weighted by Crippen LogP contribution is 2.18. The summed E-state index contributed by atoms with van der Waals surface area (Å²) < 4.78 is 19.3. The highest BCUT2D eigenvalue weighted by Gasteiger charge is 2.12. The molecule has 2 amide bonds. The average molecular weight is 605 g/mol. The second-order valence-corrected chi connectivity index (χ2v) is 11.6. The summed E-state index contributed by atoms with van der Waals surface area (Å²) in [7, 11) is 2.11. The molecule has 44 heavy (non-hydrogen) atoms. The van der Waals surface area contributed by atoms with Crippen LogP contribution in [0.4, 0.5) is 15.0 Å². The van der Waals surface area contributed by atoms with Crippen molar-refractivity contribution in [3.63, 3.8) is 0 Å². The highest BCUT2D eigenvalue weighted by molar-refractivity contribution is 5.73. The first kappa shape index (κ1) is 33.2. The zero-order valence-corrected chi connectivity index (χ0v) is 26.2. The number of rotatable bonds is 18.